The normalized spacial score (nSPS) is 15.1. The lowest BCUT2D eigenvalue weighted by molar-refractivity contribution is -0.133. The number of H-pyrrole nitrogens is 1. The predicted molar refractivity (Wildman–Crippen MR) is 160 cm³/mol. The van der Waals surface area contributed by atoms with Crippen LogP contribution in [0.25, 0.3) is 11.0 Å². The van der Waals surface area contributed by atoms with E-state index in [1.807, 2.05) is 48.5 Å². The molecule has 0 radical (unpaired) electrons. The van der Waals surface area contributed by atoms with Crippen LogP contribution in [0.1, 0.15) is 35.2 Å². The Hall–Kier alpha value is -5.25. The molecule has 0 aliphatic carbocycles. The zero-order valence-electron chi connectivity index (χ0n) is 23.3. The summed E-state index contributed by atoms with van der Waals surface area (Å²) in [4.78, 5) is 40.1. The number of anilines is 1. The summed E-state index contributed by atoms with van der Waals surface area (Å²) < 4.78 is 26.6. The molecule has 0 saturated carbocycles. The Bertz CT molecular complexity index is 1730. The van der Waals surface area contributed by atoms with Crippen molar-refractivity contribution in [2.45, 2.75) is 25.3 Å². The molecule has 1 aliphatic heterocycles. The zero-order chi connectivity index (χ0) is 29.6. The fraction of sp³-hybridized carbons (Fsp3) is 0.212. The van der Waals surface area contributed by atoms with Crippen LogP contribution in [0.5, 0.6) is 17.2 Å². The van der Waals surface area contributed by atoms with Gasteiger partial charge in [-0.05, 0) is 55.7 Å². The van der Waals surface area contributed by atoms with Crippen LogP contribution in [0, 0.1) is 5.82 Å². The van der Waals surface area contributed by atoms with E-state index < -0.39 is 11.6 Å². The number of hydrogen-bond donors (Lipinski definition) is 2. The molecule has 10 heteroatoms. The number of ketones is 1. The van der Waals surface area contributed by atoms with Gasteiger partial charge in [0.2, 0.25) is 0 Å². The summed E-state index contributed by atoms with van der Waals surface area (Å²) in [5.41, 5.74) is 0.593. The van der Waals surface area contributed by atoms with Gasteiger partial charge in [-0.2, -0.15) is 0 Å². The van der Waals surface area contributed by atoms with Crippen molar-refractivity contribution >= 4 is 28.5 Å². The number of benzene rings is 3. The number of aromatic amines is 1. The van der Waals surface area contributed by atoms with Crippen LogP contribution in [0.15, 0.2) is 91.4 Å². The van der Waals surface area contributed by atoms with Gasteiger partial charge in [-0.3, -0.25) is 9.59 Å². The number of likely N-dealkylation sites (tertiary alicyclic amines) is 1. The summed E-state index contributed by atoms with van der Waals surface area (Å²) >= 11 is 0. The van der Waals surface area contributed by atoms with Crippen LogP contribution in [0.2, 0.25) is 0 Å². The first-order valence-electron chi connectivity index (χ1n) is 14.2. The molecule has 6 rings (SSSR count). The second kappa shape index (κ2) is 12.7. The number of nitrogens with zero attached hydrogens (tertiary/aromatic N) is 3. The molecule has 1 aliphatic rings. The molecular weight excluding hydrogens is 549 g/mol. The van der Waals surface area contributed by atoms with Crippen LogP contribution in [0.3, 0.4) is 0 Å². The summed E-state index contributed by atoms with van der Waals surface area (Å²) in [7, 11) is 0. The first-order chi connectivity index (χ1) is 21.0. The smallest absolute Gasteiger partial charge is 0.260 e. The summed E-state index contributed by atoms with van der Waals surface area (Å²) in [5.74, 6) is 0.623. The minimum atomic E-state index is -0.699. The van der Waals surface area contributed by atoms with Crippen LogP contribution < -0.4 is 14.8 Å². The molecule has 0 spiro atoms. The number of aromatic nitrogens is 3. The number of hydrogen-bond acceptors (Lipinski definition) is 7. The van der Waals surface area contributed by atoms with Crippen LogP contribution in [-0.4, -0.2) is 57.3 Å². The van der Waals surface area contributed by atoms with E-state index in [4.69, 9.17) is 9.47 Å². The van der Waals surface area contributed by atoms with Crippen molar-refractivity contribution in [2.75, 3.05) is 25.0 Å². The van der Waals surface area contributed by atoms with E-state index in [1.54, 1.807) is 23.1 Å². The van der Waals surface area contributed by atoms with Crippen molar-refractivity contribution in [3.05, 3.63) is 108 Å². The van der Waals surface area contributed by atoms with Crippen LogP contribution >= 0.6 is 0 Å². The quantitative estimate of drug-likeness (QED) is 0.206. The number of carbonyl (C=O) groups is 2. The minimum absolute atomic E-state index is 0.0499. The SMILES string of the molecule is O=C(c1ccc(Oc2ccccc2)cc1F)c1c[nH]c2ncnc(NC3CCCCN(C(=O)COc4ccccc4)C3)c12. The van der Waals surface area contributed by atoms with Gasteiger partial charge in [-0.25, -0.2) is 14.4 Å². The molecule has 1 saturated heterocycles. The Morgan fingerprint density at radius 3 is 2.47 bits per heavy atom. The molecular formula is C33H30FN5O4. The molecule has 0 bridgehead atoms. The van der Waals surface area contributed by atoms with Gasteiger partial charge in [0, 0.05) is 31.4 Å². The van der Waals surface area contributed by atoms with Gasteiger partial charge in [0.1, 0.15) is 40.9 Å². The zero-order valence-corrected chi connectivity index (χ0v) is 23.3. The van der Waals surface area contributed by atoms with E-state index in [1.165, 1.54) is 24.7 Å². The number of ether oxygens (including phenoxy) is 2. The largest absolute Gasteiger partial charge is 0.484 e. The van der Waals surface area contributed by atoms with Crippen molar-refractivity contribution in [3.63, 3.8) is 0 Å². The molecule has 1 atom stereocenters. The third-order valence-electron chi connectivity index (χ3n) is 7.35. The highest BCUT2D eigenvalue weighted by Crippen LogP contribution is 2.30. The highest BCUT2D eigenvalue weighted by Gasteiger charge is 2.26. The Labute approximate surface area is 247 Å². The molecule has 2 aromatic heterocycles. The predicted octanol–water partition coefficient (Wildman–Crippen LogP) is 5.99. The van der Waals surface area contributed by atoms with Gasteiger partial charge in [-0.1, -0.05) is 36.4 Å². The third-order valence-corrected chi connectivity index (χ3v) is 7.35. The molecule has 1 fully saturated rings. The standard InChI is InChI=1S/C33H30FN5O4/c34-28-17-25(43-24-12-5-2-6-13-24)14-15-26(28)31(41)27-18-35-32-30(27)33(37-21-36-32)38-22-9-7-8-16-39(19-22)29(40)20-42-23-10-3-1-4-11-23/h1-6,10-15,17-18,21-22H,7-9,16,19-20H2,(H2,35,36,37,38). The van der Waals surface area contributed by atoms with E-state index in [0.717, 1.165) is 19.3 Å². The molecule has 3 heterocycles. The first-order valence-corrected chi connectivity index (χ1v) is 14.2. The van der Waals surface area contributed by atoms with Crippen molar-refractivity contribution in [1.29, 1.82) is 0 Å². The lowest BCUT2D eigenvalue weighted by Gasteiger charge is -2.25. The number of fused-ring (bicyclic) bond motifs is 1. The molecule has 1 amide bonds. The van der Waals surface area contributed by atoms with E-state index in [0.29, 0.717) is 41.4 Å². The highest BCUT2D eigenvalue weighted by molar-refractivity contribution is 6.18. The Kier molecular flexibility index (Phi) is 8.26. The summed E-state index contributed by atoms with van der Waals surface area (Å²) in [6.07, 6.45) is 5.51. The number of amides is 1. The molecule has 2 N–H and O–H groups in total. The number of carbonyl (C=O) groups excluding carboxylic acids is 2. The van der Waals surface area contributed by atoms with Gasteiger partial charge >= 0.3 is 0 Å². The minimum Gasteiger partial charge on any atom is -0.484 e. The van der Waals surface area contributed by atoms with E-state index in [-0.39, 0.29) is 35.4 Å². The summed E-state index contributed by atoms with van der Waals surface area (Å²) in [6.45, 7) is 1.03. The molecule has 9 nitrogen and oxygen atoms in total. The second-order valence-corrected chi connectivity index (χ2v) is 10.3. The lowest BCUT2D eigenvalue weighted by atomic mass is 10.0. The average Bonchev–Trinajstić information content (AvgIpc) is 3.33. The van der Waals surface area contributed by atoms with E-state index >= 15 is 4.39 Å². The van der Waals surface area contributed by atoms with Crippen molar-refractivity contribution < 1.29 is 23.5 Å². The van der Waals surface area contributed by atoms with Gasteiger partial charge in [0.15, 0.2) is 12.4 Å². The van der Waals surface area contributed by atoms with Gasteiger partial charge in [0.25, 0.3) is 5.91 Å². The maximum absolute atomic E-state index is 15.2. The number of rotatable bonds is 9. The van der Waals surface area contributed by atoms with Crippen molar-refractivity contribution in [3.8, 4) is 17.2 Å². The Balaban J connectivity index is 1.19. The molecule has 43 heavy (non-hydrogen) atoms. The number of nitrogens with one attached hydrogen (secondary N) is 2. The van der Waals surface area contributed by atoms with Crippen molar-refractivity contribution in [2.24, 2.45) is 0 Å². The molecule has 218 valence electrons. The Morgan fingerprint density at radius 2 is 1.70 bits per heavy atom. The summed E-state index contributed by atoms with van der Waals surface area (Å²) in [5, 5.41) is 3.90. The highest BCUT2D eigenvalue weighted by atomic mass is 19.1. The molecule has 3 aromatic carbocycles. The fourth-order valence-corrected chi connectivity index (χ4v) is 5.20. The second-order valence-electron chi connectivity index (χ2n) is 10.3. The lowest BCUT2D eigenvalue weighted by Crippen LogP contribution is -2.41. The summed E-state index contributed by atoms with van der Waals surface area (Å²) in [6, 6.07) is 22.3. The van der Waals surface area contributed by atoms with Crippen LogP contribution in [0.4, 0.5) is 10.2 Å². The average molecular weight is 580 g/mol. The maximum Gasteiger partial charge on any atom is 0.260 e. The number of halogens is 1. The maximum atomic E-state index is 15.2. The molecule has 5 aromatic rings. The number of para-hydroxylation sites is 2. The van der Waals surface area contributed by atoms with E-state index in [9.17, 15) is 9.59 Å². The van der Waals surface area contributed by atoms with Gasteiger partial charge in [0.05, 0.1) is 16.5 Å². The van der Waals surface area contributed by atoms with Gasteiger partial charge in [-0.15, -0.1) is 0 Å². The topological polar surface area (TPSA) is 109 Å². The monoisotopic (exact) mass is 579 g/mol. The van der Waals surface area contributed by atoms with Gasteiger partial charge < -0.3 is 24.7 Å². The molecule has 1 unspecified atom stereocenters. The van der Waals surface area contributed by atoms with Crippen LogP contribution in [-0.2, 0) is 4.79 Å². The van der Waals surface area contributed by atoms with E-state index in [2.05, 4.69) is 20.3 Å². The Morgan fingerprint density at radius 1 is 0.930 bits per heavy atom. The van der Waals surface area contributed by atoms with Crippen molar-refractivity contribution in [1.82, 2.24) is 19.9 Å². The fourth-order valence-electron chi connectivity index (χ4n) is 5.20. The third kappa shape index (κ3) is 6.48. The first kappa shape index (κ1) is 27.9.